The molecule has 0 saturated carbocycles. The van der Waals surface area contributed by atoms with E-state index in [4.69, 9.17) is 4.42 Å². The molecule has 1 aromatic heterocycles. The van der Waals surface area contributed by atoms with E-state index in [0.717, 1.165) is 18.4 Å². The first-order chi connectivity index (χ1) is 11.3. The van der Waals surface area contributed by atoms with Crippen LogP contribution in [-0.2, 0) is 4.79 Å². The van der Waals surface area contributed by atoms with Crippen LogP contribution in [0.2, 0.25) is 0 Å². The number of hydrogen-bond donors (Lipinski definition) is 2. The van der Waals surface area contributed by atoms with Crippen molar-refractivity contribution >= 4 is 5.97 Å². The van der Waals surface area contributed by atoms with Crippen molar-refractivity contribution in [1.82, 2.24) is 0 Å². The van der Waals surface area contributed by atoms with Gasteiger partial charge in [0.15, 0.2) is 0 Å². The molecule has 1 heterocycles. The second-order valence-corrected chi connectivity index (χ2v) is 6.99. The lowest BCUT2D eigenvalue weighted by atomic mass is 9.68. The van der Waals surface area contributed by atoms with Crippen LogP contribution < -0.4 is 0 Å². The summed E-state index contributed by atoms with van der Waals surface area (Å²) in [6, 6.07) is 1.79. The van der Waals surface area contributed by atoms with Crippen LogP contribution in [0.5, 0.6) is 0 Å². The molecule has 1 aliphatic rings. The standard InChI is InChI=1S/C20H26O4/c1-14-7-8-15(2)20(3,10-5-4-6-17(14)19(22)23)12-18(21)16-9-11-24-13-16/h4-6,9,11,13,15,18,21H,1,7-8,10,12H2,2-3H3,(H,22,23). The maximum atomic E-state index is 11.3. The average molecular weight is 330 g/mol. The zero-order chi connectivity index (χ0) is 17.7. The van der Waals surface area contributed by atoms with E-state index in [1.54, 1.807) is 30.7 Å². The van der Waals surface area contributed by atoms with Gasteiger partial charge in [-0.3, -0.25) is 0 Å². The molecule has 0 fully saturated rings. The quantitative estimate of drug-likeness (QED) is 0.843. The second kappa shape index (κ2) is 7.67. The first-order valence-corrected chi connectivity index (χ1v) is 8.32. The highest BCUT2D eigenvalue weighted by atomic mass is 16.4. The van der Waals surface area contributed by atoms with Crippen molar-refractivity contribution < 1.29 is 19.4 Å². The highest BCUT2D eigenvalue weighted by Crippen LogP contribution is 2.43. The van der Waals surface area contributed by atoms with E-state index in [0.29, 0.717) is 24.3 Å². The number of aliphatic hydroxyl groups is 1. The van der Waals surface area contributed by atoms with Gasteiger partial charge in [0, 0.05) is 5.56 Å². The van der Waals surface area contributed by atoms with Gasteiger partial charge >= 0.3 is 5.97 Å². The molecule has 0 saturated heterocycles. The van der Waals surface area contributed by atoms with Gasteiger partial charge in [0.25, 0.3) is 0 Å². The Morgan fingerprint density at radius 1 is 1.54 bits per heavy atom. The van der Waals surface area contributed by atoms with Crippen LogP contribution in [0.1, 0.15) is 51.2 Å². The Kier molecular flexibility index (Phi) is 5.84. The largest absolute Gasteiger partial charge is 0.478 e. The number of allylic oxidation sites excluding steroid dienone is 3. The van der Waals surface area contributed by atoms with Crippen LogP contribution >= 0.6 is 0 Å². The Bertz CT molecular complexity index is 639. The van der Waals surface area contributed by atoms with Gasteiger partial charge in [-0.25, -0.2) is 4.79 Å². The van der Waals surface area contributed by atoms with E-state index < -0.39 is 12.1 Å². The molecule has 1 aromatic rings. The third-order valence-corrected chi connectivity index (χ3v) is 5.25. The highest BCUT2D eigenvalue weighted by molar-refractivity contribution is 5.91. The minimum Gasteiger partial charge on any atom is -0.478 e. The molecule has 3 unspecified atom stereocenters. The zero-order valence-electron chi connectivity index (χ0n) is 14.4. The first-order valence-electron chi connectivity index (χ1n) is 8.32. The van der Waals surface area contributed by atoms with Crippen molar-refractivity contribution in [3.63, 3.8) is 0 Å². The summed E-state index contributed by atoms with van der Waals surface area (Å²) in [4.78, 5) is 11.3. The Morgan fingerprint density at radius 3 is 2.92 bits per heavy atom. The number of carboxylic acids is 1. The molecule has 3 atom stereocenters. The van der Waals surface area contributed by atoms with Crippen molar-refractivity contribution in [3.05, 3.63) is 60.1 Å². The van der Waals surface area contributed by atoms with E-state index in [-0.39, 0.29) is 11.0 Å². The normalized spacial score (nSPS) is 26.7. The molecule has 4 nitrogen and oxygen atoms in total. The summed E-state index contributed by atoms with van der Waals surface area (Å²) < 4.78 is 5.07. The van der Waals surface area contributed by atoms with Crippen LogP contribution in [0.4, 0.5) is 0 Å². The molecule has 0 aromatic carbocycles. The average Bonchev–Trinajstić information content (AvgIpc) is 3.05. The Hall–Kier alpha value is -2.07. The smallest absolute Gasteiger partial charge is 0.335 e. The molecule has 0 aliphatic heterocycles. The lowest BCUT2D eigenvalue weighted by Gasteiger charge is -2.37. The minimum absolute atomic E-state index is 0.0952. The number of rotatable bonds is 4. The molecule has 1 aliphatic carbocycles. The second-order valence-electron chi connectivity index (χ2n) is 6.99. The van der Waals surface area contributed by atoms with Gasteiger partial charge in [-0.1, -0.05) is 32.6 Å². The van der Waals surface area contributed by atoms with Crippen molar-refractivity contribution in [2.45, 2.75) is 45.6 Å². The fourth-order valence-corrected chi connectivity index (χ4v) is 3.23. The summed E-state index contributed by atoms with van der Waals surface area (Å²) in [6.07, 6.45) is 10.9. The zero-order valence-corrected chi connectivity index (χ0v) is 14.4. The van der Waals surface area contributed by atoms with E-state index in [2.05, 4.69) is 20.4 Å². The van der Waals surface area contributed by atoms with E-state index in [1.807, 2.05) is 6.08 Å². The lowest BCUT2D eigenvalue weighted by molar-refractivity contribution is -0.132. The number of aliphatic hydroxyl groups excluding tert-OH is 1. The van der Waals surface area contributed by atoms with Gasteiger partial charge in [0.1, 0.15) is 0 Å². The molecule has 2 rings (SSSR count). The van der Waals surface area contributed by atoms with Crippen molar-refractivity contribution in [1.29, 1.82) is 0 Å². The molecular formula is C20H26O4. The predicted molar refractivity (Wildman–Crippen MR) is 93.4 cm³/mol. The van der Waals surface area contributed by atoms with E-state index >= 15 is 0 Å². The number of furan rings is 1. The fraction of sp³-hybridized carbons (Fsp3) is 0.450. The van der Waals surface area contributed by atoms with Crippen molar-refractivity contribution in [2.75, 3.05) is 0 Å². The van der Waals surface area contributed by atoms with Crippen LogP contribution in [0.15, 0.2) is 59.0 Å². The predicted octanol–water partition coefficient (Wildman–Crippen LogP) is 4.65. The molecule has 130 valence electrons. The first kappa shape index (κ1) is 18.3. The van der Waals surface area contributed by atoms with Crippen LogP contribution in [-0.4, -0.2) is 16.2 Å². The summed E-state index contributed by atoms with van der Waals surface area (Å²) in [5.74, 6) is -0.621. The Labute approximate surface area is 143 Å². The maximum absolute atomic E-state index is 11.3. The van der Waals surface area contributed by atoms with Crippen molar-refractivity contribution in [2.24, 2.45) is 11.3 Å². The van der Waals surface area contributed by atoms with Crippen LogP contribution in [0.25, 0.3) is 0 Å². The maximum Gasteiger partial charge on any atom is 0.335 e. The lowest BCUT2D eigenvalue weighted by Crippen LogP contribution is -2.28. The minimum atomic E-state index is -0.934. The van der Waals surface area contributed by atoms with Crippen LogP contribution in [0.3, 0.4) is 0 Å². The van der Waals surface area contributed by atoms with Crippen LogP contribution in [0, 0.1) is 11.3 Å². The Balaban J connectivity index is 2.20. The van der Waals surface area contributed by atoms with E-state index in [9.17, 15) is 15.0 Å². The van der Waals surface area contributed by atoms with Gasteiger partial charge in [-0.15, -0.1) is 0 Å². The third kappa shape index (κ3) is 4.26. The highest BCUT2D eigenvalue weighted by Gasteiger charge is 2.33. The SMILES string of the molecule is C=C1CCC(C)C(C)(CC(O)c2ccoc2)CC=CC=C1C(=O)O. The number of aliphatic carboxylic acids is 1. The Morgan fingerprint density at radius 2 is 2.29 bits per heavy atom. The number of hydrogen-bond acceptors (Lipinski definition) is 3. The summed E-state index contributed by atoms with van der Waals surface area (Å²) >= 11 is 0. The molecule has 4 heteroatoms. The van der Waals surface area contributed by atoms with Gasteiger partial charge in [-0.2, -0.15) is 0 Å². The summed E-state index contributed by atoms with van der Waals surface area (Å²) in [5.41, 5.74) is 1.63. The van der Waals surface area contributed by atoms with E-state index in [1.165, 1.54) is 0 Å². The number of carbonyl (C=O) groups is 1. The molecule has 24 heavy (non-hydrogen) atoms. The molecule has 0 radical (unpaired) electrons. The molecule has 2 N–H and O–H groups in total. The van der Waals surface area contributed by atoms with Gasteiger partial charge in [0.2, 0.25) is 0 Å². The third-order valence-electron chi connectivity index (χ3n) is 5.25. The summed E-state index contributed by atoms with van der Waals surface area (Å²) in [6.45, 7) is 8.27. The molecule has 0 spiro atoms. The summed E-state index contributed by atoms with van der Waals surface area (Å²) in [7, 11) is 0. The monoisotopic (exact) mass is 330 g/mol. The molecule has 0 amide bonds. The molecule has 0 bridgehead atoms. The van der Waals surface area contributed by atoms with Crippen molar-refractivity contribution in [3.8, 4) is 0 Å². The fourth-order valence-electron chi connectivity index (χ4n) is 3.23. The summed E-state index contributed by atoms with van der Waals surface area (Å²) in [5, 5.41) is 19.8. The number of carboxylic acid groups (broad SMARTS) is 1. The van der Waals surface area contributed by atoms with Gasteiger partial charge < -0.3 is 14.6 Å². The molecular weight excluding hydrogens is 304 g/mol. The van der Waals surface area contributed by atoms with Gasteiger partial charge in [0.05, 0.1) is 24.2 Å². The van der Waals surface area contributed by atoms with Gasteiger partial charge in [-0.05, 0) is 54.7 Å². The topological polar surface area (TPSA) is 70.7 Å².